The second-order valence-electron chi connectivity index (χ2n) is 10.0. The van der Waals surface area contributed by atoms with Gasteiger partial charge in [0.05, 0.1) is 23.1 Å². The molecule has 0 amide bonds. The standard InChI is InChI=1S/C24H30FN7/c1-29-15-24(16-29)6-5-19(13-24)31-7-9-32(10-8-31)22-12-18(25)14-26-23(22)17-3-4-21-20(11-17)27-28-30(21)2/h3-4,11-12,14,19H,5-10,13,15-16H2,1-2H3. The molecule has 1 unspecified atom stereocenters. The van der Waals surface area contributed by atoms with Gasteiger partial charge in [-0.3, -0.25) is 9.88 Å². The van der Waals surface area contributed by atoms with Crippen molar-refractivity contribution < 1.29 is 4.39 Å². The van der Waals surface area contributed by atoms with Gasteiger partial charge in [-0.25, -0.2) is 9.07 Å². The van der Waals surface area contributed by atoms with Crippen LogP contribution in [0.2, 0.25) is 0 Å². The number of aromatic nitrogens is 4. The number of likely N-dealkylation sites (tertiary alicyclic amines) is 1. The van der Waals surface area contributed by atoms with Crippen LogP contribution in [0.1, 0.15) is 19.3 Å². The fourth-order valence-corrected chi connectivity index (χ4v) is 6.28. The summed E-state index contributed by atoms with van der Waals surface area (Å²) in [6.07, 6.45) is 5.33. The van der Waals surface area contributed by atoms with E-state index in [0.29, 0.717) is 11.5 Å². The van der Waals surface area contributed by atoms with E-state index in [-0.39, 0.29) is 5.82 Å². The quantitative estimate of drug-likeness (QED) is 0.631. The lowest BCUT2D eigenvalue weighted by atomic mass is 9.78. The summed E-state index contributed by atoms with van der Waals surface area (Å²) in [5, 5.41) is 8.33. The summed E-state index contributed by atoms with van der Waals surface area (Å²) in [5.41, 5.74) is 5.00. The number of rotatable bonds is 3. The smallest absolute Gasteiger partial charge is 0.143 e. The third-order valence-corrected chi connectivity index (χ3v) is 7.78. The van der Waals surface area contributed by atoms with Crippen molar-refractivity contribution in [1.82, 2.24) is 29.8 Å². The SMILES string of the molecule is CN1CC2(CCC(N3CCN(c4cc(F)cnc4-c4ccc5c(c4)nnn5C)CC3)C2)C1. The van der Waals surface area contributed by atoms with Crippen LogP contribution in [-0.4, -0.2) is 82.1 Å². The second-order valence-corrected chi connectivity index (χ2v) is 10.0. The molecule has 8 heteroatoms. The van der Waals surface area contributed by atoms with E-state index in [2.05, 4.69) is 37.0 Å². The molecule has 0 radical (unpaired) electrons. The van der Waals surface area contributed by atoms with E-state index in [4.69, 9.17) is 0 Å². The van der Waals surface area contributed by atoms with E-state index in [1.54, 1.807) is 10.7 Å². The zero-order valence-corrected chi connectivity index (χ0v) is 18.8. The average molecular weight is 436 g/mol. The Labute approximate surface area is 187 Å². The van der Waals surface area contributed by atoms with Crippen molar-refractivity contribution in [3.63, 3.8) is 0 Å². The zero-order chi connectivity index (χ0) is 21.9. The zero-order valence-electron chi connectivity index (χ0n) is 18.8. The Morgan fingerprint density at radius 1 is 1.06 bits per heavy atom. The van der Waals surface area contributed by atoms with Gasteiger partial charge in [0, 0.05) is 64.0 Å². The first-order chi connectivity index (χ1) is 15.5. The molecule has 0 bridgehead atoms. The lowest BCUT2D eigenvalue weighted by Crippen LogP contribution is -2.54. The Kier molecular flexibility index (Phi) is 4.69. The van der Waals surface area contributed by atoms with Crippen LogP contribution in [0.25, 0.3) is 22.3 Å². The van der Waals surface area contributed by atoms with Gasteiger partial charge in [0.25, 0.3) is 0 Å². The Morgan fingerprint density at radius 3 is 2.66 bits per heavy atom. The van der Waals surface area contributed by atoms with Gasteiger partial charge in [-0.2, -0.15) is 0 Å². The molecule has 1 atom stereocenters. The minimum Gasteiger partial charge on any atom is -0.367 e. The van der Waals surface area contributed by atoms with E-state index >= 15 is 0 Å². The first-order valence-electron chi connectivity index (χ1n) is 11.6. The topological polar surface area (TPSA) is 53.3 Å². The first kappa shape index (κ1) is 20.1. The monoisotopic (exact) mass is 435 g/mol. The summed E-state index contributed by atoms with van der Waals surface area (Å²) < 4.78 is 16.0. The molecule has 3 aromatic rings. The number of hydrogen-bond acceptors (Lipinski definition) is 6. The predicted molar refractivity (Wildman–Crippen MR) is 123 cm³/mol. The summed E-state index contributed by atoms with van der Waals surface area (Å²) in [6.45, 7) is 6.37. The highest BCUT2D eigenvalue weighted by molar-refractivity contribution is 5.84. The van der Waals surface area contributed by atoms with Crippen molar-refractivity contribution in [2.24, 2.45) is 12.5 Å². The van der Waals surface area contributed by atoms with Gasteiger partial charge in [0.1, 0.15) is 11.3 Å². The van der Waals surface area contributed by atoms with Gasteiger partial charge in [0.2, 0.25) is 0 Å². The van der Waals surface area contributed by atoms with Gasteiger partial charge < -0.3 is 9.80 Å². The second kappa shape index (κ2) is 7.49. The number of benzene rings is 1. The van der Waals surface area contributed by atoms with Crippen molar-refractivity contribution in [1.29, 1.82) is 0 Å². The van der Waals surface area contributed by atoms with Crippen LogP contribution in [0.5, 0.6) is 0 Å². The number of halogens is 1. The molecule has 3 fully saturated rings. The van der Waals surface area contributed by atoms with Crippen molar-refractivity contribution in [3.05, 3.63) is 36.3 Å². The van der Waals surface area contributed by atoms with Crippen molar-refractivity contribution >= 4 is 16.7 Å². The molecule has 168 valence electrons. The Morgan fingerprint density at radius 2 is 1.88 bits per heavy atom. The van der Waals surface area contributed by atoms with Crippen LogP contribution >= 0.6 is 0 Å². The maximum atomic E-state index is 14.2. The van der Waals surface area contributed by atoms with Crippen LogP contribution in [0.15, 0.2) is 30.5 Å². The Bertz CT molecular complexity index is 1140. The minimum absolute atomic E-state index is 0.293. The maximum absolute atomic E-state index is 14.2. The van der Waals surface area contributed by atoms with Gasteiger partial charge in [-0.05, 0) is 43.9 Å². The molecule has 0 N–H and O–H groups in total. The summed E-state index contributed by atoms with van der Waals surface area (Å²) >= 11 is 0. The fourth-order valence-electron chi connectivity index (χ4n) is 6.28. The van der Waals surface area contributed by atoms with Gasteiger partial charge in [-0.1, -0.05) is 11.3 Å². The molecule has 2 saturated heterocycles. The molecule has 1 aliphatic carbocycles. The molecular formula is C24H30FN7. The lowest BCUT2D eigenvalue weighted by molar-refractivity contribution is 0.0204. The number of pyridine rings is 1. The normalized spacial score (nSPS) is 23.8. The molecular weight excluding hydrogens is 405 g/mol. The highest BCUT2D eigenvalue weighted by Crippen LogP contribution is 2.46. The van der Waals surface area contributed by atoms with Gasteiger partial charge in [0.15, 0.2) is 0 Å². The summed E-state index contributed by atoms with van der Waals surface area (Å²) in [5.74, 6) is -0.293. The molecule has 2 aliphatic heterocycles. The van der Waals surface area contributed by atoms with Crippen LogP contribution in [0.3, 0.4) is 0 Å². The number of aryl methyl sites for hydroxylation is 1. The van der Waals surface area contributed by atoms with E-state index in [0.717, 1.165) is 54.2 Å². The molecule has 32 heavy (non-hydrogen) atoms. The van der Waals surface area contributed by atoms with E-state index < -0.39 is 0 Å². The molecule has 7 nitrogen and oxygen atoms in total. The number of piperazine rings is 1. The number of fused-ring (bicyclic) bond motifs is 1. The fraction of sp³-hybridized carbons (Fsp3) is 0.542. The lowest BCUT2D eigenvalue weighted by Gasteiger charge is -2.47. The molecule has 1 spiro atoms. The highest BCUT2D eigenvalue weighted by atomic mass is 19.1. The molecule has 4 heterocycles. The third-order valence-electron chi connectivity index (χ3n) is 7.78. The molecule has 2 aromatic heterocycles. The highest BCUT2D eigenvalue weighted by Gasteiger charge is 2.48. The Balaban J connectivity index is 1.20. The number of nitrogens with zero attached hydrogens (tertiary/aromatic N) is 7. The average Bonchev–Trinajstić information content (AvgIpc) is 3.38. The van der Waals surface area contributed by atoms with Gasteiger partial charge >= 0.3 is 0 Å². The first-order valence-corrected chi connectivity index (χ1v) is 11.6. The number of anilines is 1. The largest absolute Gasteiger partial charge is 0.367 e. The minimum atomic E-state index is -0.293. The van der Waals surface area contributed by atoms with Crippen LogP contribution in [0.4, 0.5) is 10.1 Å². The molecule has 1 saturated carbocycles. The maximum Gasteiger partial charge on any atom is 0.143 e. The summed E-state index contributed by atoms with van der Waals surface area (Å²) in [6, 6.07) is 8.36. The van der Waals surface area contributed by atoms with E-state index in [1.165, 1.54) is 38.5 Å². The summed E-state index contributed by atoms with van der Waals surface area (Å²) in [7, 11) is 4.11. The van der Waals surface area contributed by atoms with Crippen LogP contribution < -0.4 is 4.90 Å². The van der Waals surface area contributed by atoms with Crippen molar-refractivity contribution in [3.8, 4) is 11.3 Å². The van der Waals surface area contributed by atoms with Crippen LogP contribution in [-0.2, 0) is 7.05 Å². The van der Waals surface area contributed by atoms with E-state index in [1.807, 2.05) is 25.2 Å². The van der Waals surface area contributed by atoms with Crippen LogP contribution in [0, 0.1) is 11.2 Å². The molecule has 1 aromatic carbocycles. The molecule has 3 aliphatic rings. The number of hydrogen-bond donors (Lipinski definition) is 0. The van der Waals surface area contributed by atoms with Crippen molar-refractivity contribution in [2.75, 3.05) is 51.2 Å². The Hall–Kier alpha value is -2.58. The molecule has 6 rings (SSSR count). The van der Waals surface area contributed by atoms with Crippen molar-refractivity contribution in [2.45, 2.75) is 25.3 Å². The van der Waals surface area contributed by atoms with Gasteiger partial charge in [-0.15, -0.1) is 5.10 Å². The predicted octanol–water partition coefficient (Wildman–Crippen LogP) is 2.78. The van der Waals surface area contributed by atoms with E-state index in [9.17, 15) is 4.39 Å². The third kappa shape index (κ3) is 3.36. The summed E-state index contributed by atoms with van der Waals surface area (Å²) in [4.78, 5) is 11.9.